The van der Waals surface area contributed by atoms with Gasteiger partial charge in [-0.3, -0.25) is 9.89 Å². The van der Waals surface area contributed by atoms with Crippen LogP contribution < -0.4 is 10.2 Å². The molecule has 9 heteroatoms. The van der Waals surface area contributed by atoms with Crippen molar-refractivity contribution in [1.29, 1.82) is 0 Å². The Balaban J connectivity index is 1.86. The van der Waals surface area contributed by atoms with Gasteiger partial charge in [0.1, 0.15) is 11.3 Å². The van der Waals surface area contributed by atoms with Crippen LogP contribution in [-0.4, -0.2) is 58.9 Å². The number of carboxylic acids is 1. The van der Waals surface area contributed by atoms with Crippen LogP contribution in [0.3, 0.4) is 0 Å². The van der Waals surface area contributed by atoms with Crippen molar-refractivity contribution in [2.45, 2.75) is 38.8 Å². The van der Waals surface area contributed by atoms with Gasteiger partial charge in [0.05, 0.1) is 31.2 Å². The zero-order valence-corrected chi connectivity index (χ0v) is 19.5. The summed E-state index contributed by atoms with van der Waals surface area (Å²) in [5, 5.41) is 16.4. The van der Waals surface area contributed by atoms with Crippen molar-refractivity contribution in [2.24, 2.45) is 0 Å². The monoisotopic (exact) mass is 467 g/mol. The molecule has 0 radical (unpaired) electrons. The number of benzene rings is 1. The Morgan fingerprint density at radius 3 is 2.76 bits per heavy atom. The van der Waals surface area contributed by atoms with Gasteiger partial charge in [-0.15, -0.1) is 0 Å². The minimum Gasteiger partial charge on any atom is -0.493 e. The first-order valence-electron chi connectivity index (χ1n) is 11.3. The average molecular weight is 468 g/mol. The smallest absolute Gasteiger partial charge is 0.341 e. The molecule has 1 aliphatic heterocycles. The Morgan fingerprint density at radius 2 is 2.09 bits per heavy atom. The number of pyridine rings is 1. The molecule has 0 bridgehead atoms. The molecule has 1 atom stereocenters. The van der Waals surface area contributed by atoms with Crippen LogP contribution in [0, 0.1) is 0 Å². The van der Waals surface area contributed by atoms with E-state index in [1.807, 2.05) is 30.5 Å². The molecule has 3 aromatic rings. The fourth-order valence-corrected chi connectivity index (χ4v) is 4.19. The lowest BCUT2D eigenvalue weighted by Crippen LogP contribution is -2.27. The number of aromatic amines is 1. The molecule has 2 N–H and O–H groups in total. The Bertz CT molecular complexity index is 1220. The number of aromatic nitrogens is 3. The molecule has 0 saturated carbocycles. The van der Waals surface area contributed by atoms with Crippen molar-refractivity contribution >= 4 is 5.97 Å². The van der Waals surface area contributed by atoms with E-state index in [1.54, 1.807) is 19.5 Å². The molecule has 0 unspecified atom stereocenters. The van der Waals surface area contributed by atoms with E-state index in [0.717, 1.165) is 28.7 Å². The highest BCUT2D eigenvalue weighted by Crippen LogP contribution is 2.43. The number of nitrogens with one attached hydrogen (secondary N) is 1. The number of carbonyl (C=O) groups is 1. The largest absolute Gasteiger partial charge is 0.493 e. The van der Waals surface area contributed by atoms with Gasteiger partial charge in [0.25, 0.3) is 0 Å². The lowest BCUT2D eigenvalue weighted by molar-refractivity contribution is 0.0636. The highest BCUT2D eigenvalue weighted by Gasteiger charge is 2.29. The van der Waals surface area contributed by atoms with E-state index in [-0.39, 0.29) is 17.6 Å². The second-order valence-corrected chi connectivity index (χ2v) is 8.59. The van der Waals surface area contributed by atoms with Crippen molar-refractivity contribution in [3.05, 3.63) is 58.1 Å². The molecule has 180 valence electrons. The number of nitrogens with zero attached hydrogens (tertiary/aromatic N) is 2. The molecule has 0 saturated heterocycles. The van der Waals surface area contributed by atoms with E-state index in [0.29, 0.717) is 37.8 Å². The summed E-state index contributed by atoms with van der Waals surface area (Å²) >= 11 is 0. The first-order chi connectivity index (χ1) is 16.4. The zero-order valence-electron chi connectivity index (χ0n) is 19.5. The number of H-pyrrole nitrogens is 1. The van der Waals surface area contributed by atoms with E-state index >= 15 is 0 Å². The average Bonchev–Trinajstić information content (AvgIpc) is 3.34. The third kappa shape index (κ3) is 4.90. The van der Waals surface area contributed by atoms with Gasteiger partial charge in [-0.05, 0) is 31.5 Å². The third-order valence-corrected chi connectivity index (χ3v) is 5.83. The summed E-state index contributed by atoms with van der Waals surface area (Å²) in [6, 6.07) is 5.40. The zero-order chi connectivity index (χ0) is 24.2. The maximum Gasteiger partial charge on any atom is 0.341 e. The Hall–Kier alpha value is -3.43. The summed E-state index contributed by atoms with van der Waals surface area (Å²) in [6.07, 6.45) is 5.72. The second-order valence-electron chi connectivity index (χ2n) is 8.59. The molecule has 0 spiro atoms. The van der Waals surface area contributed by atoms with Gasteiger partial charge in [0, 0.05) is 67.8 Å². The van der Waals surface area contributed by atoms with Gasteiger partial charge in [0.15, 0.2) is 5.43 Å². The van der Waals surface area contributed by atoms with Gasteiger partial charge in [-0.1, -0.05) is 0 Å². The Kier molecular flexibility index (Phi) is 7.14. The van der Waals surface area contributed by atoms with Crippen LogP contribution in [0.25, 0.3) is 22.4 Å². The topological polar surface area (TPSA) is 116 Å². The van der Waals surface area contributed by atoms with Crippen LogP contribution in [0.2, 0.25) is 0 Å². The van der Waals surface area contributed by atoms with Crippen LogP contribution in [0.4, 0.5) is 0 Å². The van der Waals surface area contributed by atoms with Crippen molar-refractivity contribution in [3.63, 3.8) is 0 Å². The minimum atomic E-state index is -1.24. The molecule has 0 aliphatic carbocycles. The first kappa shape index (κ1) is 23.7. The molecular formula is C25H29N3O6. The maximum absolute atomic E-state index is 12.6. The summed E-state index contributed by atoms with van der Waals surface area (Å²) in [5.74, 6) is -0.572. The molecule has 2 aromatic heterocycles. The fourth-order valence-electron chi connectivity index (χ4n) is 4.19. The predicted molar refractivity (Wildman–Crippen MR) is 126 cm³/mol. The van der Waals surface area contributed by atoms with Crippen molar-refractivity contribution < 1.29 is 24.1 Å². The summed E-state index contributed by atoms with van der Waals surface area (Å²) in [7, 11) is 1.66. The van der Waals surface area contributed by atoms with E-state index in [2.05, 4.69) is 10.2 Å². The highest BCUT2D eigenvalue weighted by molar-refractivity contribution is 5.88. The Labute approximate surface area is 197 Å². The van der Waals surface area contributed by atoms with E-state index in [4.69, 9.17) is 14.2 Å². The van der Waals surface area contributed by atoms with Gasteiger partial charge >= 0.3 is 5.97 Å². The summed E-state index contributed by atoms with van der Waals surface area (Å²) in [5.41, 5.74) is 3.42. The molecule has 1 aliphatic rings. The molecule has 4 rings (SSSR count). The molecular weight excluding hydrogens is 438 g/mol. The van der Waals surface area contributed by atoms with Crippen molar-refractivity contribution in [2.75, 3.05) is 26.9 Å². The van der Waals surface area contributed by atoms with Crippen LogP contribution >= 0.6 is 0 Å². The number of ether oxygens (including phenoxy) is 3. The number of aromatic carboxylic acids is 1. The molecule has 0 fully saturated rings. The molecule has 0 amide bonds. The lowest BCUT2D eigenvalue weighted by Gasteiger charge is -2.31. The minimum absolute atomic E-state index is 0.0448. The molecule has 1 aromatic carbocycles. The summed E-state index contributed by atoms with van der Waals surface area (Å²) in [4.78, 5) is 24.1. The quantitative estimate of drug-likeness (QED) is 0.438. The second kappa shape index (κ2) is 10.2. The number of hydrogen-bond donors (Lipinski definition) is 2. The highest BCUT2D eigenvalue weighted by atomic mass is 16.5. The van der Waals surface area contributed by atoms with Gasteiger partial charge in [0.2, 0.25) is 0 Å². The predicted octanol–water partition coefficient (Wildman–Crippen LogP) is 3.54. The third-order valence-electron chi connectivity index (χ3n) is 5.83. The fraction of sp³-hybridized carbons (Fsp3) is 0.400. The van der Waals surface area contributed by atoms with Crippen LogP contribution in [0.5, 0.6) is 5.75 Å². The van der Waals surface area contributed by atoms with Gasteiger partial charge in [-0.2, -0.15) is 5.10 Å². The molecule has 34 heavy (non-hydrogen) atoms. The SMILES string of the molecule is COCCCOc1cc2c(cc1-c1cn[nH]c1)-c1cc(=O)c(C(=O)O)cn1C[C@@H]2COC(C)C. The van der Waals surface area contributed by atoms with Gasteiger partial charge in [-0.25, -0.2) is 4.79 Å². The Morgan fingerprint density at radius 1 is 1.26 bits per heavy atom. The van der Waals surface area contributed by atoms with Crippen molar-refractivity contribution in [3.8, 4) is 28.1 Å². The normalized spacial score (nSPS) is 14.6. The molecule has 9 nitrogen and oxygen atoms in total. The number of hydrogen-bond acceptors (Lipinski definition) is 6. The van der Waals surface area contributed by atoms with E-state index in [9.17, 15) is 14.7 Å². The standard InChI is InChI=1S/C25H29N3O6/c1-15(2)34-14-17-12-28-13-21(25(30)31)23(29)9-22(28)20-7-19(16-10-26-27-11-16)24(8-18(17)20)33-6-4-5-32-3/h7-11,13,15,17H,4-6,12,14H2,1-3H3,(H,26,27)(H,30,31)/t17-/m1/s1. The lowest BCUT2D eigenvalue weighted by atomic mass is 9.86. The number of rotatable bonds is 10. The van der Waals surface area contributed by atoms with Crippen molar-refractivity contribution in [1.82, 2.24) is 14.8 Å². The van der Waals surface area contributed by atoms with E-state index < -0.39 is 11.4 Å². The first-order valence-corrected chi connectivity index (χ1v) is 11.3. The summed E-state index contributed by atoms with van der Waals surface area (Å²) < 4.78 is 19.1. The number of methoxy groups -OCH3 is 1. The van der Waals surface area contributed by atoms with E-state index in [1.165, 1.54) is 12.3 Å². The van der Waals surface area contributed by atoms with Crippen LogP contribution in [0.1, 0.15) is 42.1 Å². The van der Waals surface area contributed by atoms with Crippen LogP contribution in [0.15, 0.2) is 41.6 Å². The number of carboxylic acid groups (broad SMARTS) is 1. The summed E-state index contributed by atoms with van der Waals surface area (Å²) in [6.45, 7) is 5.98. The van der Waals surface area contributed by atoms with Crippen LogP contribution in [-0.2, 0) is 16.0 Å². The molecule has 3 heterocycles. The van der Waals surface area contributed by atoms with Gasteiger partial charge < -0.3 is 23.9 Å². The maximum atomic E-state index is 12.6. The number of fused-ring (bicyclic) bond motifs is 3.